The maximum Gasteiger partial charge on any atom is 0.276 e. The smallest absolute Gasteiger partial charge is 0.276 e. The van der Waals surface area contributed by atoms with Gasteiger partial charge >= 0.3 is 0 Å². The number of carbonyl (C=O) groups excluding carboxylic acids is 1. The third kappa shape index (κ3) is 1.86. The van der Waals surface area contributed by atoms with E-state index in [9.17, 15) is 9.90 Å². The molecule has 4 heteroatoms. The van der Waals surface area contributed by atoms with Crippen molar-refractivity contribution < 1.29 is 9.90 Å². The van der Waals surface area contributed by atoms with Crippen LogP contribution in [-0.2, 0) is 10.5 Å². The Hall–Kier alpha value is -1.39. The van der Waals surface area contributed by atoms with Gasteiger partial charge in [0.25, 0.3) is 5.91 Å². The molecular weight excluding hydrogens is 252 g/mol. The van der Waals surface area contributed by atoms with E-state index in [1.165, 1.54) is 0 Å². The zero-order chi connectivity index (χ0) is 14.5. The minimum Gasteiger partial charge on any atom is -0.364 e. The summed E-state index contributed by atoms with van der Waals surface area (Å²) in [5.74, 6) is 0.200. The van der Waals surface area contributed by atoms with Crippen LogP contribution in [0.2, 0.25) is 0 Å². The average molecular weight is 274 g/mol. The summed E-state index contributed by atoms with van der Waals surface area (Å²) in [6, 6.07) is 3.96. The van der Waals surface area contributed by atoms with Crippen LogP contribution < -0.4 is 5.32 Å². The number of hydrogen-bond donors (Lipinski definition) is 2. The number of likely N-dealkylation sites (tertiary alicyclic amines) is 1. The molecule has 3 rings (SSSR count). The van der Waals surface area contributed by atoms with Gasteiger partial charge in [0, 0.05) is 18.7 Å². The highest BCUT2D eigenvalue weighted by Gasteiger charge is 2.51. The zero-order valence-electron chi connectivity index (χ0n) is 12.4. The van der Waals surface area contributed by atoms with E-state index in [1.54, 1.807) is 0 Å². The van der Waals surface area contributed by atoms with E-state index in [-0.39, 0.29) is 5.91 Å². The molecule has 0 spiro atoms. The van der Waals surface area contributed by atoms with Crippen LogP contribution in [0.4, 0.5) is 5.69 Å². The normalized spacial score (nSPS) is 30.2. The Labute approximate surface area is 119 Å². The topological polar surface area (TPSA) is 52.6 Å². The van der Waals surface area contributed by atoms with Gasteiger partial charge in [-0.15, -0.1) is 0 Å². The van der Waals surface area contributed by atoms with Crippen LogP contribution in [0.3, 0.4) is 0 Å². The van der Waals surface area contributed by atoms with E-state index in [0.29, 0.717) is 11.5 Å². The molecule has 2 N–H and O–H groups in total. The first kappa shape index (κ1) is 13.6. The number of hydrogen-bond acceptors (Lipinski definition) is 3. The number of rotatable bonds is 1. The lowest BCUT2D eigenvalue weighted by atomic mass is 9.93. The molecule has 2 heterocycles. The summed E-state index contributed by atoms with van der Waals surface area (Å²) in [5, 5.41) is 14.0. The molecule has 1 aromatic rings. The predicted molar refractivity (Wildman–Crippen MR) is 78.4 cm³/mol. The number of amides is 1. The van der Waals surface area contributed by atoms with Crippen molar-refractivity contribution in [1.82, 2.24) is 4.90 Å². The van der Waals surface area contributed by atoms with Crippen LogP contribution in [-0.4, -0.2) is 29.0 Å². The maximum atomic E-state index is 12.4. The standard InChI is InChI=1S/C16H22N2O2/c1-10-5-4-6-18(9-10)16(20)13-8-11(2)7-12(3)14(13)17-15(16)19/h7-8,10,20H,4-6,9H2,1-3H3,(H,17,19). The fourth-order valence-electron chi connectivity index (χ4n) is 3.53. The van der Waals surface area contributed by atoms with Crippen LogP contribution in [0.1, 0.15) is 36.5 Å². The van der Waals surface area contributed by atoms with Crippen molar-refractivity contribution in [2.75, 3.05) is 18.4 Å². The van der Waals surface area contributed by atoms with Crippen molar-refractivity contribution >= 4 is 11.6 Å². The molecule has 0 aliphatic carbocycles. The van der Waals surface area contributed by atoms with Gasteiger partial charge in [-0.1, -0.05) is 18.6 Å². The Morgan fingerprint density at radius 1 is 1.40 bits per heavy atom. The number of nitrogens with one attached hydrogen (secondary N) is 1. The highest BCUT2D eigenvalue weighted by atomic mass is 16.3. The molecule has 1 saturated heterocycles. The van der Waals surface area contributed by atoms with E-state index >= 15 is 0 Å². The molecule has 0 saturated carbocycles. The number of aliphatic hydroxyl groups is 1. The summed E-state index contributed by atoms with van der Waals surface area (Å²) >= 11 is 0. The van der Waals surface area contributed by atoms with Crippen LogP contribution in [0.15, 0.2) is 12.1 Å². The summed E-state index contributed by atoms with van der Waals surface area (Å²) in [7, 11) is 0. The van der Waals surface area contributed by atoms with Gasteiger partial charge in [-0.25, -0.2) is 0 Å². The first-order chi connectivity index (χ1) is 9.42. The van der Waals surface area contributed by atoms with Crippen LogP contribution in [0.25, 0.3) is 0 Å². The molecule has 0 aromatic heterocycles. The highest BCUT2D eigenvalue weighted by Crippen LogP contribution is 2.42. The third-order valence-corrected chi connectivity index (χ3v) is 4.53. The molecule has 1 aromatic carbocycles. The fourth-order valence-corrected chi connectivity index (χ4v) is 3.53. The summed E-state index contributed by atoms with van der Waals surface area (Å²) in [5.41, 5.74) is 2.08. The van der Waals surface area contributed by atoms with Gasteiger partial charge in [-0.2, -0.15) is 0 Å². The van der Waals surface area contributed by atoms with E-state index in [4.69, 9.17) is 0 Å². The summed E-state index contributed by atoms with van der Waals surface area (Å²) in [6.07, 6.45) is 2.19. The van der Waals surface area contributed by atoms with Gasteiger partial charge in [-0.3, -0.25) is 9.69 Å². The van der Waals surface area contributed by atoms with Crippen LogP contribution in [0.5, 0.6) is 0 Å². The number of fused-ring (bicyclic) bond motifs is 1. The number of carbonyl (C=O) groups is 1. The van der Waals surface area contributed by atoms with Crippen molar-refractivity contribution in [3.8, 4) is 0 Å². The van der Waals surface area contributed by atoms with Crippen molar-refractivity contribution in [3.05, 3.63) is 28.8 Å². The molecule has 1 amide bonds. The third-order valence-electron chi connectivity index (χ3n) is 4.53. The van der Waals surface area contributed by atoms with Crippen molar-refractivity contribution in [2.45, 2.75) is 39.3 Å². The number of anilines is 1. The lowest BCUT2D eigenvalue weighted by Gasteiger charge is -2.40. The maximum absolute atomic E-state index is 12.4. The van der Waals surface area contributed by atoms with Crippen LogP contribution in [0, 0.1) is 19.8 Å². The first-order valence-corrected chi connectivity index (χ1v) is 7.33. The molecule has 4 nitrogen and oxygen atoms in total. The first-order valence-electron chi connectivity index (χ1n) is 7.33. The van der Waals surface area contributed by atoms with Crippen molar-refractivity contribution in [1.29, 1.82) is 0 Å². The zero-order valence-corrected chi connectivity index (χ0v) is 12.4. The fraction of sp³-hybridized carbons (Fsp3) is 0.562. The lowest BCUT2D eigenvalue weighted by Crippen LogP contribution is -2.54. The second-order valence-electron chi connectivity index (χ2n) is 6.32. The summed E-state index contributed by atoms with van der Waals surface area (Å²) in [4.78, 5) is 14.4. The molecule has 1 fully saturated rings. The van der Waals surface area contributed by atoms with Gasteiger partial charge in [0.05, 0.1) is 5.69 Å². The molecule has 108 valence electrons. The predicted octanol–water partition coefficient (Wildman–Crippen LogP) is 2.13. The molecule has 2 unspecified atom stereocenters. The van der Waals surface area contributed by atoms with E-state index in [2.05, 4.69) is 12.2 Å². The van der Waals surface area contributed by atoms with E-state index < -0.39 is 5.72 Å². The molecule has 2 atom stereocenters. The Kier molecular flexibility index (Phi) is 3.10. The van der Waals surface area contributed by atoms with Gasteiger partial charge in [0.2, 0.25) is 5.72 Å². The minimum absolute atomic E-state index is 0.310. The second-order valence-corrected chi connectivity index (χ2v) is 6.32. The summed E-state index contributed by atoms with van der Waals surface area (Å²) < 4.78 is 0. The lowest BCUT2D eigenvalue weighted by molar-refractivity contribution is -0.163. The van der Waals surface area contributed by atoms with Gasteiger partial charge in [0.15, 0.2) is 0 Å². The van der Waals surface area contributed by atoms with Crippen molar-refractivity contribution in [2.24, 2.45) is 5.92 Å². The van der Waals surface area contributed by atoms with Gasteiger partial charge in [0.1, 0.15) is 0 Å². The van der Waals surface area contributed by atoms with Crippen molar-refractivity contribution in [3.63, 3.8) is 0 Å². The van der Waals surface area contributed by atoms with Gasteiger partial charge in [-0.05, 0) is 44.2 Å². The second kappa shape index (κ2) is 4.57. The number of piperidine rings is 1. The van der Waals surface area contributed by atoms with Crippen LogP contribution >= 0.6 is 0 Å². The Balaban J connectivity index is 2.08. The Morgan fingerprint density at radius 3 is 2.85 bits per heavy atom. The minimum atomic E-state index is -1.50. The summed E-state index contributed by atoms with van der Waals surface area (Å²) in [6.45, 7) is 7.66. The monoisotopic (exact) mass is 274 g/mol. The quantitative estimate of drug-likeness (QED) is 0.825. The highest BCUT2D eigenvalue weighted by molar-refractivity contribution is 6.05. The average Bonchev–Trinajstić information content (AvgIpc) is 2.64. The molecular formula is C16H22N2O2. The largest absolute Gasteiger partial charge is 0.364 e. The molecule has 0 bridgehead atoms. The van der Waals surface area contributed by atoms with Gasteiger partial charge < -0.3 is 10.4 Å². The molecule has 20 heavy (non-hydrogen) atoms. The molecule has 2 aliphatic heterocycles. The Bertz CT molecular complexity index is 570. The molecule has 2 aliphatic rings. The van der Waals surface area contributed by atoms with E-state index in [0.717, 1.165) is 42.7 Å². The molecule has 0 radical (unpaired) electrons. The number of aryl methyl sites for hydroxylation is 2. The Morgan fingerprint density at radius 2 is 2.15 bits per heavy atom. The SMILES string of the molecule is Cc1cc(C)c2c(c1)C(O)(N1CCCC(C)C1)C(=O)N2. The van der Waals surface area contributed by atoms with E-state index in [1.807, 2.05) is 30.9 Å². The number of benzene rings is 1. The number of nitrogens with zero attached hydrogens (tertiary/aromatic N) is 1.